The van der Waals surface area contributed by atoms with E-state index in [4.69, 9.17) is 4.74 Å². The van der Waals surface area contributed by atoms with Gasteiger partial charge in [0, 0.05) is 31.5 Å². The number of rotatable bonds is 6. The average Bonchev–Trinajstić information content (AvgIpc) is 3.35. The molecule has 5 nitrogen and oxygen atoms in total. The van der Waals surface area contributed by atoms with Crippen molar-refractivity contribution in [1.29, 1.82) is 0 Å². The standard InChI is InChI=1S/C21H30N2O3/c1-3-12-22-20(24)19-14-23(21(25)16-6-4-5-7-16)13-18(19)15-8-10-17(26-2)11-9-15/h8-11,16,18-19H,3-7,12-14H2,1-2H3,(H,22,24)/t18-,19+/m0/s1. The van der Waals surface area contributed by atoms with Crippen LogP contribution in [0.3, 0.4) is 0 Å². The molecule has 0 spiro atoms. The topological polar surface area (TPSA) is 58.6 Å². The maximum Gasteiger partial charge on any atom is 0.225 e. The van der Waals surface area contributed by atoms with E-state index in [-0.39, 0.29) is 29.6 Å². The second kappa shape index (κ2) is 8.56. The molecule has 1 aliphatic heterocycles. The number of hydrogen-bond acceptors (Lipinski definition) is 3. The first-order valence-electron chi connectivity index (χ1n) is 9.84. The van der Waals surface area contributed by atoms with Crippen LogP contribution in [0.2, 0.25) is 0 Å². The van der Waals surface area contributed by atoms with Crippen molar-refractivity contribution in [1.82, 2.24) is 10.2 Å². The molecule has 0 aromatic heterocycles. The molecule has 2 amide bonds. The van der Waals surface area contributed by atoms with Gasteiger partial charge in [0.05, 0.1) is 13.0 Å². The summed E-state index contributed by atoms with van der Waals surface area (Å²) in [6, 6.07) is 7.90. The molecule has 1 aromatic rings. The zero-order chi connectivity index (χ0) is 18.5. The third-order valence-electron chi connectivity index (χ3n) is 5.77. The molecule has 1 aliphatic carbocycles. The Kier molecular flexibility index (Phi) is 6.17. The van der Waals surface area contributed by atoms with Gasteiger partial charge in [0.25, 0.3) is 0 Å². The predicted molar refractivity (Wildman–Crippen MR) is 101 cm³/mol. The van der Waals surface area contributed by atoms with E-state index in [1.54, 1.807) is 7.11 Å². The molecule has 1 saturated heterocycles. The summed E-state index contributed by atoms with van der Waals surface area (Å²) in [6.07, 6.45) is 5.19. The molecule has 1 N–H and O–H groups in total. The highest BCUT2D eigenvalue weighted by molar-refractivity contribution is 5.84. The molecule has 5 heteroatoms. The summed E-state index contributed by atoms with van der Waals surface area (Å²) in [4.78, 5) is 27.5. The Morgan fingerprint density at radius 3 is 2.46 bits per heavy atom. The third-order valence-corrected chi connectivity index (χ3v) is 5.77. The molecule has 1 aromatic carbocycles. The first-order valence-corrected chi connectivity index (χ1v) is 9.84. The minimum atomic E-state index is -0.180. The Balaban J connectivity index is 1.77. The monoisotopic (exact) mass is 358 g/mol. The van der Waals surface area contributed by atoms with Crippen LogP contribution < -0.4 is 10.1 Å². The molecule has 2 fully saturated rings. The van der Waals surface area contributed by atoms with Crippen LogP contribution in [0.5, 0.6) is 5.75 Å². The number of carbonyl (C=O) groups is 2. The van der Waals surface area contributed by atoms with E-state index in [0.29, 0.717) is 19.6 Å². The third kappa shape index (κ3) is 4.02. The summed E-state index contributed by atoms with van der Waals surface area (Å²) in [6.45, 7) is 3.89. The van der Waals surface area contributed by atoms with Crippen molar-refractivity contribution >= 4 is 11.8 Å². The lowest BCUT2D eigenvalue weighted by Crippen LogP contribution is -2.37. The largest absolute Gasteiger partial charge is 0.497 e. The molecular formula is C21H30N2O3. The summed E-state index contributed by atoms with van der Waals surface area (Å²) in [5, 5.41) is 3.02. The Hall–Kier alpha value is -2.04. The minimum Gasteiger partial charge on any atom is -0.497 e. The number of carbonyl (C=O) groups excluding carboxylic acids is 2. The van der Waals surface area contributed by atoms with Crippen LogP contribution >= 0.6 is 0 Å². The Morgan fingerprint density at radius 2 is 1.85 bits per heavy atom. The lowest BCUT2D eigenvalue weighted by atomic mass is 9.88. The van der Waals surface area contributed by atoms with Crippen molar-refractivity contribution in [3.8, 4) is 5.75 Å². The fourth-order valence-electron chi connectivity index (χ4n) is 4.25. The number of amides is 2. The van der Waals surface area contributed by atoms with Crippen LogP contribution in [0, 0.1) is 11.8 Å². The van der Waals surface area contributed by atoms with Crippen molar-refractivity contribution in [2.75, 3.05) is 26.7 Å². The SMILES string of the molecule is CCCNC(=O)[C@@H]1CN(C(=O)C2CCCC2)C[C@H]1c1ccc(OC)cc1. The predicted octanol–water partition coefficient (Wildman–Crippen LogP) is 2.95. The number of nitrogens with zero attached hydrogens (tertiary/aromatic N) is 1. The highest BCUT2D eigenvalue weighted by atomic mass is 16.5. The van der Waals surface area contributed by atoms with Crippen molar-refractivity contribution < 1.29 is 14.3 Å². The number of benzene rings is 1. The normalized spacial score (nSPS) is 23.2. The number of nitrogens with one attached hydrogen (secondary N) is 1. The van der Waals surface area contributed by atoms with Gasteiger partial charge < -0.3 is 15.0 Å². The summed E-state index contributed by atoms with van der Waals surface area (Å²) in [5.74, 6) is 1.13. The second-order valence-electron chi connectivity index (χ2n) is 7.50. The van der Waals surface area contributed by atoms with Crippen molar-refractivity contribution in [3.63, 3.8) is 0 Å². The van der Waals surface area contributed by atoms with E-state index in [1.165, 1.54) is 0 Å². The van der Waals surface area contributed by atoms with Gasteiger partial charge >= 0.3 is 0 Å². The lowest BCUT2D eigenvalue weighted by molar-refractivity contribution is -0.134. The molecule has 1 heterocycles. The second-order valence-corrected chi connectivity index (χ2v) is 7.50. The zero-order valence-corrected chi connectivity index (χ0v) is 15.9. The summed E-state index contributed by atoms with van der Waals surface area (Å²) in [5.41, 5.74) is 1.10. The van der Waals surface area contributed by atoms with E-state index in [0.717, 1.165) is 43.4 Å². The van der Waals surface area contributed by atoms with Crippen molar-refractivity contribution in [3.05, 3.63) is 29.8 Å². The molecule has 2 aliphatic rings. The number of ether oxygens (including phenoxy) is 1. The molecule has 1 saturated carbocycles. The van der Waals surface area contributed by atoms with Crippen LogP contribution in [0.4, 0.5) is 0 Å². The fourth-order valence-corrected chi connectivity index (χ4v) is 4.25. The Morgan fingerprint density at radius 1 is 1.15 bits per heavy atom. The summed E-state index contributed by atoms with van der Waals surface area (Å²) < 4.78 is 5.24. The van der Waals surface area contributed by atoms with Gasteiger partial charge in [-0.25, -0.2) is 0 Å². The van der Waals surface area contributed by atoms with Gasteiger partial charge in [0.15, 0.2) is 0 Å². The maximum atomic E-state index is 12.9. The molecule has 0 radical (unpaired) electrons. The van der Waals surface area contributed by atoms with Gasteiger partial charge in [-0.15, -0.1) is 0 Å². The van der Waals surface area contributed by atoms with Crippen LogP contribution in [0.1, 0.15) is 50.5 Å². The van der Waals surface area contributed by atoms with Gasteiger partial charge in [-0.05, 0) is 37.0 Å². The molecule has 0 unspecified atom stereocenters. The Bertz CT molecular complexity index is 623. The van der Waals surface area contributed by atoms with Gasteiger partial charge in [-0.2, -0.15) is 0 Å². The average molecular weight is 358 g/mol. The first kappa shape index (κ1) is 18.7. The van der Waals surface area contributed by atoms with Gasteiger partial charge in [-0.1, -0.05) is 31.9 Å². The van der Waals surface area contributed by atoms with Gasteiger partial charge in [-0.3, -0.25) is 9.59 Å². The molecular weight excluding hydrogens is 328 g/mol. The number of methoxy groups -OCH3 is 1. The van der Waals surface area contributed by atoms with E-state index in [2.05, 4.69) is 5.32 Å². The van der Waals surface area contributed by atoms with E-state index < -0.39 is 0 Å². The maximum absolute atomic E-state index is 12.9. The Labute approximate surface area is 156 Å². The lowest BCUT2D eigenvalue weighted by Gasteiger charge is -2.20. The van der Waals surface area contributed by atoms with Crippen LogP contribution in [0.25, 0.3) is 0 Å². The molecule has 3 rings (SSSR count). The van der Waals surface area contributed by atoms with Gasteiger partial charge in [0.1, 0.15) is 5.75 Å². The zero-order valence-electron chi connectivity index (χ0n) is 15.9. The summed E-state index contributed by atoms with van der Waals surface area (Å²) >= 11 is 0. The number of likely N-dealkylation sites (tertiary alicyclic amines) is 1. The van der Waals surface area contributed by atoms with E-state index >= 15 is 0 Å². The number of hydrogen-bond donors (Lipinski definition) is 1. The van der Waals surface area contributed by atoms with Crippen molar-refractivity contribution in [2.24, 2.45) is 11.8 Å². The molecule has 0 bridgehead atoms. The van der Waals surface area contributed by atoms with Crippen LogP contribution in [-0.4, -0.2) is 43.5 Å². The molecule has 142 valence electrons. The highest BCUT2D eigenvalue weighted by Gasteiger charge is 2.42. The van der Waals surface area contributed by atoms with Crippen molar-refractivity contribution in [2.45, 2.75) is 44.9 Å². The van der Waals surface area contributed by atoms with E-state index in [9.17, 15) is 9.59 Å². The van der Waals surface area contributed by atoms with Gasteiger partial charge in [0.2, 0.25) is 11.8 Å². The quantitative estimate of drug-likeness (QED) is 0.850. The molecule has 26 heavy (non-hydrogen) atoms. The molecule has 2 atom stereocenters. The first-order chi connectivity index (χ1) is 12.6. The van der Waals surface area contributed by atoms with Crippen LogP contribution in [-0.2, 0) is 9.59 Å². The summed E-state index contributed by atoms with van der Waals surface area (Å²) in [7, 11) is 1.65. The smallest absolute Gasteiger partial charge is 0.225 e. The fraction of sp³-hybridized carbons (Fsp3) is 0.619. The minimum absolute atomic E-state index is 0.0446. The van der Waals surface area contributed by atoms with Crippen LogP contribution in [0.15, 0.2) is 24.3 Å². The highest BCUT2D eigenvalue weighted by Crippen LogP contribution is 2.36. The van der Waals surface area contributed by atoms with E-state index in [1.807, 2.05) is 36.1 Å².